The van der Waals surface area contributed by atoms with Crippen LogP contribution in [0.1, 0.15) is 31.5 Å². The number of hydrogen-bond acceptors (Lipinski definition) is 2. The monoisotopic (exact) mass is 326 g/mol. The molecule has 0 unspecified atom stereocenters. The van der Waals surface area contributed by atoms with E-state index in [9.17, 15) is 0 Å². The number of rotatable bonds is 6. The summed E-state index contributed by atoms with van der Waals surface area (Å²) in [5, 5.41) is 0.734. The molecule has 0 N–H and O–H groups in total. The molecule has 0 atom stereocenters. The second-order valence-electron chi connectivity index (χ2n) is 5.53. The van der Waals surface area contributed by atoms with Gasteiger partial charge in [0.2, 0.25) is 0 Å². The first-order chi connectivity index (χ1) is 10.3. The lowest BCUT2D eigenvalue weighted by molar-refractivity contribution is 0.0531. The largest absolute Gasteiger partial charge is 0.376 e. The number of alkyl halides is 1. The average molecular weight is 327 g/mol. The maximum absolute atomic E-state index is 6.12. The van der Waals surface area contributed by atoms with E-state index in [-0.39, 0.29) is 0 Å². The topological polar surface area (TPSA) is 27.1 Å². The van der Waals surface area contributed by atoms with Gasteiger partial charge in [-0.05, 0) is 31.0 Å². The fraction of sp³-hybridized carbons (Fsp3) is 0.562. The summed E-state index contributed by atoms with van der Waals surface area (Å²) in [4.78, 5) is 4.66. The van der Waals surface area contributed by atoms with Crippen LogP contribution in [0.4, 0.5) is 0 Å². The van der Waals surface area contributed by atoms with Gasteiger partial charge in [0.1, 0.15) is 5.82 Å². The fourth-order valence-corrected chi connectivity index (χ4v) is 3.37. The highest BCUT2D eigenvalue weighted by atomic mass is 35.5. The Balaban J connectivity index is 1.77. The number of hydrogen-bond donors (Lipinski definition) is 0. The van der Waals surface area contributed by atoms with E-state index in [4.69, 9.17) is 27.9 Å². The van der Waals surface area contributed by atoms with Crippen molar-refractivity contribution >= 4 is 34.2 Å². The highest BCUT2D eigenvalue weighted by molar-refractivity contribution is 6.31. The van der Waals surface area contributed by atoms with Crippen LogP contribution < -0.4 is 0 Å². The molecule has 0 aliphatic heterocycles. The van der Waals surface area contributed by atoms with E-state index >= 15 is 0 Å². The predicted octanol–water partition coefficient (Wildman–Crippen LogP) is 4.43. The minimum atomic E-state index is 0.444. The van der Waals surface area contributed by atoms with Gasteiger partial charge in [0.25, 0.3) is 0 Å². The predicted molar refractivity (Wildman–Crippen MR) is 87.4 cm³/mol. The molecule has 5 heteroatoms. The van der Waals surface area contributed by atoms with Crippen molar-refractivity contribution in [1.82, 2.24) is 9.55 Å². The first-order valence-corrected chi connectivity index (χ1v) is 8.51. The molecule has 0 saturated heterocycles. The van der Waals surface area contributed by atoms with Gasteiger partial charge in [-0.15, -0.1) is 11.6 Å². The summed E-state index contributed by atoms with van der Waals surface area (Å²) in [5.74, 6) is 1.58. The Morgan fingerprint density at radius 2 is 2.10 bits per heavy atom. The molecule has 1 aromatic heterocycles. The van der Waals surface area contributed by atoms with Crippen LogP contribution in [0.15, 0.2) is 18.2 Å². The van der Waals surface area contributed by atoms with Gasteiger partial charge in [-0.1, -0.05) is 24.4 Å². The minimum Gasteiger partial charge on any atom is -0.376 e. The molecule has 1 fully saturated rings. The van der Waals surface area contributed by atoms with Crippen molar-refractivity contribution in [3.8, 4) is 0 Å². The number of nitrogens with zero attached hydrogens (tertiary/aromatic N) is 2. The summed E-state index contributed by atoms with van der Waals surface area (Å²) in [7, 11) is 0. The van der Waals surface area contributed by atoms with E-state index in [2.05, 4.69) is 9.55 Å². The van der Waals surface area contributed by atoms with Gasteiger partial charge in [-0.3, -0.25) is 0 Å². The van der Waals surface area contributed by atoms with Crippen LogP contribution in [0.5, 0.6) is 0 Å². The second-order valence-corrected chi connectivity index (χ2v) is 6.34. The van der Waals surface area contributed by atoms with Gasteiger partial charge in [-0.25, -0.2) is 4.98 Å². The Kier molecular flexibility index (Phi) is 5.04. The Morgan fingerprint density at radius 1 is 1.29 bits per heavy atom. The van der Waals surface area contributed by atoms with E-state index in [1.165, 1.54) is 25.7 Å². The summed E-state index contributed by atoms with van der Waals surface area (Å²) in [6.45, 7) is 1.53. The Hall–Kier alpha value is -0.770. The third kappa shape index (κ3) is 3.53. The zero-order valence-electron chi connectivity index (χ0n) is 12.0. The molecule has 0 bridgehead atoms. The lowest BCUT2D eigenvalue weighted by Gasteiger charge is -2.13. The van der Waals surface area contributed by atoms with Crippen molar-refractivity contribution in [3.63, 3.8) is 0 Å². The molecule has 1 aliphatic carbocycles. The lowest BCUT2D eigenvalue weighted by atomic mass is 10.3. The van der Waals surface area contributed by atoms with Crippen molar-refractivity contribution in [2.45, 2.75) is 44.8 Å². The quantitative estimate of drug-likeness (QED) is 0.734. The van der Waals surface area contributed by atoms with E-state index in [0.29, 0.717) is 12.0 Å². The number of aromatic nitrogens is 2. The summed E-state index contributed by atoms with van der Waals surface area (Å²) < 4.78 is 8.17. The molecule has 0 amide bonds. The van der Waals surface area contributed by atoms with Gasteiger partial charge in [0, 0.05) is 23.9 Å². The molecular weight excluding hydrogens is 307 g/mol. The van der Waals surface area contributed by atoms with Gasteiger partial charge in [0.05, 0.1) is 23.7 Å². The van der Waals surface area contributed by atoms with Crippen molar-refractivity contribution in [3.05, 3.63) is 29.0 Å². The summed E-state index contributed by atoms with van der Waals surface area (Å²) in [6, 6.07) is 5.81. The maximum atomic E-state index is 6.12. The van der Waals surface area contributed by atoms with E-state index in [0.717, 1.165) is 41.5 Å². The Labute approximate surface area is 135 Å². The normalized spacial score (nSPS) is 16.1. The smallest absolute Gasteiger partial charge is 0.111 e. The molecule has 114 valence electrons. The second kappa shape index (κ2) is 6.99. The van der Waals surface area contributed by atoms with E-state index < -0.39 is 0 Å². The molecule has 3 rings (SSSR count). The molecule has 3 nitrogen and oxygen atoms in total. The molecule has 0 spiro atoms. The first kappa shape index (κ1) is 15.1. The maximum Gasteiger partial charge on any atom is 0.111 e. The molecule has 1 aliphatic rings. The first-order valence-electron chi connectivity index (χ1n) is 7.60. The van der Waals surface area contributed by atoms with Crippen molar-refractivity contribution in [2.75, 3.05) is 12.5 Å². The highest BCUT2D eigenvalue weighted by Crippen LogP contribution is 2.23. The van der Waals surface area contributed by atoms with Crippen LogP contribution in [0, 0.1) is 0 Å². The van der Waals surface area contributed by atoms with Gasteiger partial charge in [0.15, 0.2) is 0 Å². The fourth-order valence-electron chi connectivity index (χ4n) is 3.04. The van der Waals surface area contributed by atoms with Crippen molar-refractivity contribution < 1.29 is 4.74 Å². The summed E-state index contributed by atoms with van der Waals surface area (Å²) >= 11 is 12.0. The zero-order valence-corrected chi connectivity index (χ0v) is 13.5. The molecule has 0 radical (unpaired) electrons. The van der Waals surface area contributed by atoms with E-state index in [1.54, 1.807) is 0 Å². The zero-order chi connectivity index (χ0) is 14.7. The third-order valence-corrected chi connectivity index (χ3v) is 4.50. The molecule has 1 saturated carbocycles. The van der Waals surface area contributed by atoms with Crippen LogP contribution in [-0.2, 0) is 17.7 Å². The van der Waals surface area contributed by atoms with Crippen LogP contribution in [0.3, 0.4) is 0 Å². The number of aryl methyl sites for hydroxylation is 1. The SMILES string of the molecule is ClCCc1nc2ccc(Cl)cc2n1CCOC1CCCC1. The van der Waals surface area contributed by atoms with Crippen molar-refractivity contribution in [1.29, 1.82) is 0 Å². The van der Waals surface area contributed by atoms with Gasteiger partial charge >= 0.3 is 0 Å². The Bertz CT molecular complexity index is 606. The van der Waals surface area contributed by atoms with Crippen LogP contribution in [-0.4, -0.2) is 28.1 Å². The molecule has 1 aromatic carbocycles. The van der Waals surface area contributed by atoms with Gasteiger partial charge in [-0.2, -0.15) is 0 Å². The van der Waals surface area contributed by atoms with Gasteiger partial charge < -0.3 is 9.30 Å². The van der Waals surface area contributed by atoms with Crippen molar-refractivity contribution in [2.24, 2.45) is 0 Å². The number of fused-ring (bicyclic) bond motifs is 1. The summed E-state index contributed by atoms with van der Waals surface area (Å²) in [6.07, 6.45) is 6.20. The standard InChI is InChI=1S/C16H20Cl2N2O/c17-8-7-16-19-14-6-5-12(18)11-15(14)20(16)9-10-21-13-3-1-2-4-13/h5-6,11,13H,1-4,7-10H2. The molecule has 1 heterocycles. The third-order valence-electron chi connectivity index (χ3n) is 4.08. The number of imidazole rings is 1. The molecule has 21 heavy (non-hydrogen) atoms. The molecule has 2 aromatic rings. The number of benzene rings is 1. The molecular formula is C16H20Cl2N2O. The Morgan fingerprint density at radius 3 is 2.86 bits per heavy atom. The number of halogens is 2. The summed E-state index contributed by atoms with van der Waals surface area (Å²) in [5.41, 5.74) is 2.04. The van der Waals surface area contributed by atoms with E-state index in [1.807, 2.05) is 18.2 Å². The minimum absolute atomic E-state index is 0.444. The number of ether oxygens (including phenoxy) is 1. The van der Waals surface area contributed by atoms with Crippen LogP contribution >= 0.6 is 23.2 Å². The highest BCUT2D eigenvalue weighted by Gasteiger charge is 2.16. The van der Waals surface area contributed by atoms with Crippen LogP contribution in [0.2, 0.25) is 5.02 Å². The lowest BCUT2D eigenvalue weighted by Crippen LogP contribution is -2.15. The van der Waals surface area contributed by atoms with Crippen LogP contribution in [0.25, 0.3) is 11.0 Å². The average Bonchev–Trinajstić information content (AvgIpc) is 3.08.